The Labute approximate surface area is 107 Å². The molecule has 89 valence electrons. The zero-order valence-corrected chi connectivity index (χ0v) is 11.3. The largest absolute Gasteiger partial charge is 0.322 e. The van der Waals surface area contributed by atoms with Gasteiger partial charge < -0.3 is 5.73 Å². The maximum absolute atomic E-state index is 6.17. The zero-order chi connectivity index (χ0) is 12.4. The van der Waals surface area contributed by atoms with Gasteiger partial charge in [0.2, 0.25) is 0 Å². The first-order chi connectivity index (χ1) is 8.08. The summed E-state index contributed by atoms with van der Waals surface area (Å²) in [5.41, 5.74) is 15.2. The molecule has 2 aromatic rings. The summed E-state index contributed by atoms with van der Waals surface area (Å²) in [7, 11) is 0. The fourth-order valence-corrected chi connectivity index (χ4v) is 2.78. The van der Waals surface area contributed by atoms with E-state index in [1.54, 1.807) is 0 Å². The minimum Gasteiger partial charge on any atom is -0.322 e. The van der Waals surface area contributed by atoms with Crippen LogP contribution in [-0.2, 0) is 6.42 Å². The third-order valence-corrected chi connectivity index (χ3v) is 3.61. The Balaban J connectivity index is 2.25. The van der Waals surface area contributed by atoms with E-state index in [2.05, 4.69) is 43.4 Å². The molecule has 0 bridgehead atoms. The van der Waals surface area contributed by atoms with Gasteiger partial charge in [-0.3, -0.25) is 0 Å². The van der Waals surface area contributed by atoms with Crippen LogP contribution in [0.15, 0.2) is 17.5 Å². The molecule has 0 fully saturated rings. The maximum atomic E-state index is 6.17. The fourth-order valence-electron chi connectivity index (χ4n) is 2.22. The summed E-state index contributed by atoms with van der Waals surface area (Å²) in [6.07, 6.45) is 0.843. The summed E-state index contributed by atoms with van der Waals surface area (Å²) >= 11 is 1.47. The fraction of sp³-hybridized carbons (Fsp3) is 0.357. The number of nitrogens with two attached hydrogens (primary N) is 1. The first-order valence-electron chi connectivity index (χ1n) is 5.71. The Bertz CT molecular complexity index is 480. The van der Waals surface area contributed by atoms with E-state index in [9.17, 15) is 0 Å². The van der Waals surface area contributed by atoms with E-state index < -0.39 is 0 Å². The molecule has 0 spiro atoms. The normalized spacial score (nSPS) is 12.7. The predicted molar refractivity (Wildman–Crippen MR) is 72.2 cm³/mol. The van der Waals surface area contributed by atoms with Crippen molar-refractivity contribution < 1.29 is 0 Å². The van der Waals surface area contributed by atoms with Gasteiger partial charge in [0.05, 0.1) is 11.7 Å². The van der Waals surface area contributed by atoms with Crippen LogP contribution in [0.2, 0.25) is 0 Å². The molecule has 0 saturated heterocycles. The summed E-state index contributed by atoms with van der Waals surface area (Å²) in [6.45, 7) is 6.42. The van der Waals surface area contributed by atoms with Crippen molar-refractivity contribution in [1.29, 1.82) is 0 Å². The third-order valence-electron chi connectivity index (χ3n) is 3.05. The van der Waals surface area contributed by atoms with Crippen LogP contribution in [0, 0.1) is 26.3 Å². The van der Waals surface area contributed by atoms with Crippen LogP contribution in [0.25, 0.3) is 0 Å². The van der Waals surface area contributed by atoms with Gasteiger partial charge in [-0.2, -0.15) is 0 Å². The van der Waals surface area contributed by atoms with Crippen molar-refractivity contribution in [3.8, 4) is 0 Å². The lowest BCUT2D eigenvalue weighted by Gasteiger charge is -2.15. The molecule has 2 rings (SSSR count). The van der Waals surface area contributed by atoms with E-state index >= 15 is 0 Å². The van der Waals surface area contributed by atoms with E-state index in [4.69, 9.17) is 5.73 Å². The minimum atomic E-state index is -0.0300. The molecular formula is C14H17N2S. The lowest BCUT2D eigenvalue weighted by molar-refractivity contribution is 0.696. The second-order valence-corrected chi connectivity index (χ2v) is 5.21. The highest BCUT2D eigenvalue weighted by atomic mass is 32.1. The molecule has 3 heteroatoms. The molecule has 0 amide bonds. The van der Waals surface area contributed by atoms with E-state index in [1.165, 1.54) is 33.6 Å². The smallest absolute Gasteiger partial charge is 0.152 e. The highest BCUT2D eigenvalue weighted by Gasteiger charge is 2.12. The van der Waals surface area contributed by atoms with Crippen molar-refractivity contribution in [3.63, 3.8) is 0 Å². The molecule has 1 heterocycles. The molecule has 17 heavy (non-hydrogen) atoms. The van der Waals surface area contributed by atoms with Crippen molar-refractivity contribution in [3.05, 3.63) is 51.0 Å². The number of hydrogen-bond donors (Lipinski definition) is 1. The van der Waals surface area contributed by atoms with Crippen molar-refractivity contribution in [2.24, 2.45) is 5.73 Å². The Morgan fingerprint density at radius 3 is 2.47 bits per heavy atom. The molecule has 1 unspecified atom stereocenters. The molecule has 1 radical (unpaired) electrons. The first-order valence-corrected chi connectivity index (χ1v) is 6.59. The van der Waals surface area contributed by atoms with Crippen LogP contribution < -0.4 is 5.73 Å². The van der Waals surface area contributed by atoms with Gasteiger partial charge in [-0.05, 0) is 43.9 Å². The van der Waals surface area contributed by atoms with Gasteiger partial charge in [-0.25, -0.2) is 4.98 Å². The average Bonchev–Trinajstić information content (AvgIpc) is 2.76. The Hall–Kier alpha value is -1.19. The molecule has 2 nitrogen and oxygen atoms in total. The number of hydrogen-bond acceptors (Lipinski definition) is 3. The van der Waals surface area contributed by atoms with Crippen LogP contribution >= 0.6 is 11.3 Å². The van der Waals surface area contributed by atoms with Crippen molar-refractivity contribution in [2.75, 3.05) is 0 Å². The predicted octanol–water partition coefficient (Wildman–Crippen LogP) is 3.11. The van der Waals surface area contributed by atoms with E-state index in [1.807, 2.05) is 5.38 Å². The molecule has 0 saturated carbocycles. The monoisotopic (exact) mass is 245 g/mol. The van der Waals surface area contributed by atoms with Crippen LogP contribution in [0.5, 0.6) is 0 Å². The molecule has 1 aromatic carbocycles. The summed E-state index contributed by atoms with van der Waals surface area (Å²) in [5.74, 6) is 0. The summed E-state index contributed by atoms with van der Waals surface area (Å²) in [5, 5.41) is 1.98. The summed E-state index contributed by atoms with van der Waals surface area (Å²) in [6, 6.07) is 4.39. The van der Waals surface area contributed by atoms with Crippen LogP contribution in [0.3, 0.4) is 0 Å². The molecule has 1 atom stereocenters. The standard InChI is InChI=1S/C14H17N2S/c1-9-4-10(2)12(11(3)5-9)6-13(15)14-7-17-8-16-14/h4-5,7,13H,6,15H2,1-3H3. The zero-order valence-electron chi connectivity index (χ0n) is 10.4. The topological polar surface area (TPSA) is 38.9 Å². The number of aryl methyl sites for hydroxylation is 3. The van der Waals surface area contributed by atoms with Gasteiger partial charge in [0.25, 0.3) is 0 Å². The first kappa shape index (κ1) is 12.3. The van der Waals surface area contributed by atoms with Gasteiger partial charge in [-0.1, -0.05) is 17.7 Å². The van der Waals surface area contributed by atoms with Crippen molar-refractivity contribution in [2.45, 2.75) is 33.2 Å². The Morgan fingerprint density at radius 2 is 1.94 bits per heavy atom. The maximum Gasteiger partial charge on any atom is 0.152 e. The second kappa shape index (κ2) is 4.98. The van der Waals surface area contributed by atoms with E-state index in [0.29, 0.717) is 0 Å². The lowest BCUT2D eigenvalue weighted by Crippen LogP contribution is -2.15. The SMILES string of the molecule is Cc1cc(C)c(CC(N)c2cs[c]n2)c(C)c1. The molecule has 2 N–H and O–H groups in total. The molecule has 0 aliphatic carbocycles. The molecular weight excluding hydrogens is 228 g/mol. The van der Waals surface area contributed by atoms with E-state index in [-0.39, 0.29) is 6.04 Å². The van der Waals surface area contributed by atoms with Gasteiger partial charge in [-0.15, -0.1) is 11.3 Å². The Morgan fingerprint density at radius 1 is 1.29 bits per heavy atom. The van der Waals surface area contributed by atoms with Gasteiger partial charge in [0.1, 0.15) is 0 Å². The number of benzene rings is 1. The average molecular weight is 245 g/mol. The van der Waals surface area contributed by atoms with Crippen LogP contribution in [0.4, 0.5) is 0 Å². The van der Waals surface area contributed by atoms with Crippen molar-refractivity contribution in [1.82, 2.24) is 4.98 Å². The molecule has 1 aromatic heterocycles. The lowest BCUT2D eigenvalue weighted by atomic mass is 9.94. The van der Waals surface area contributed by atoms with Crippen LogP contribution in [-0.4, -0.2) is 4.98 Å². The summed E-state index contributed by atoms with van der Waals surface area (Å²) in [4.78, 5) is 4.16. The van der Waals surface area contributed by atoms with E-state index in [0.717, 1.165) is 12.1 Å². The number of rotatable bonds is 3. The Kier molecular flexibility index (Phi) is 3.60. The number of nitrogens with zero attached hydrogens (tertiary/aromatic N) is 1. The van der Waals surface area contributed by atoms with Gasteiger partial charge in [0, 0.05) is 5.38 Å². The number of aromatic nitrogens is 1. The third kappa shape index (κ3) is 2.73. The van der Waals surface area contributed by atoms with Crippen LogP contribution in [0.1, 0.15) is 34.0 Å². The quantitative estimate of drug-likeness (QED) is 0.902. The molecule has 0 aliphatic rings. The van der Waals surface area contributed by atoms with Gasteiger partial charge in [0.15, 0.2) is 5.51 Å². The number of thiazole rings is 1. The van der Waals surface area contributed by atoms with Gasteiger partial charge >= 0.3 is 0 Å². The minimum absolute atomic E-state index is 0.0300. The second-order valence-electron chi connectivity index (χ2n) is 4.55. The molecule has 0 aliphatic heterocycles. The summed E-state index contributed by atoms with van der Waals surface area (Å²) < 4.78 is 0. The highest BCUT2D eigenvalue weighted by molar-refractivity contribution is 7.07. The highest BCUT2D eigenvalue weighted by Crippen LogP contribution is 2.22. The van der Waals surface area contributed by atoms with Crippen molar-refractivity contribution >= 4 is 11.3 Å².